The Balaban J connectivity index is 2.02. The Hall–Kier alpha value is -0.160. The van der Waals surface area contributed by atoms with E-state index in [0.717, 1.165) is 13.1 Å². The molecule has 15 heavy (non-hydrogen) atoms. The first-order chi connectivity index (χ1) is 7.18. The second-order valence-electron chi connectivity index (χ2n) is 5.00. The molecule has 2 aliphatic heterocycles. The highest BCUT2D eigenvalue weighted by Crippen LogP contribution is 2.30. The lowest BCUT2D eigenvalue weighted by atomic mass is 10.00. The molecule has 0 amide bonds. The lowest BCUT2D eigenvalue weighted by Crippen LogP contribution is -2.60. The van der Waals surface area contributed by atoms with Gasteiger partial charge in [-0.3, -0.25) is 4.90 Å². The van der Waals surface area contributed by atoms with E-state index in [9.17, 15) is 0 Å². The normalized spacial score (nSPS) is 35.4. The third-order valence-corrected chi connectivity index (χ3v) is 3.70. The third-order valence-electron chi connectivity index (χ3n) is 3.70. The molecular weight excluding hydrogens is 192 g/mol. The topological polar surface area (TPSA) is 47.7 Å². The Morgan fingerprint density at radius 1 is 1.40 bits per heavy atom. The number of nitrogens with zero attached hydrogens (tertiary/aromatic N) is 1. The van der Waals surface area contributed by atoms with Crippen molar-refractivity contribution in [2.45, 2.75) is 37.5 Å². The van der Waals surface area contributed by atoms with Crippen molar-refractivity contribution < 1.29 is 9.47 Å². The number of hydrogen-bond donors (Lipinski definition) is 1. The van der Waals surface area contributed by atoms with Crippen molar-refractivity contribution in [3.05, 3.63) is 0 Å². The molecule has 0 aromatic heterocycles. The van der Waals surface area contributed by atoms with E-state index in [1.54, 1.807) is 7.11 Å². The predicted octanol–water partition coefficient (Wildman–Crippen LogP) is 0.213. The van der Waals surface area contributed by atoms with Crippen molar-refractivity contribution in [3.8, 4) is 0 Å². The predicted molar refractivity (Wildman–Crippen MR) is 58.8 cm³/mol. The van der Waals surface area contributed by atoms with Gasteiger partial charge in [0, 0.05) is 26.7 Å². The minimum Gasteiger partial charge on any atom is -0.383 e. The number of ether oxygens (including phenoxy) is 2. The maximum atomic E-state index is 5.87. The molecule has 0 radical (unpaired) electrons. The van der Waals surface area contributed by atoms with Gasteiger partial charge in [0.05, 0.1) is 24.4 Å². The molecule has 88 valence electrons. The summed E-state index contributed by atoms with van der Waals surface area (Å²) in [7, 11) is 1.74. The summed E-state index contributed by atoms with van der Waals surface area (Å²) in [4.78, 5) is 2.45. The second kappa shape index (κ2) is 4.37. The molecule has 4 heteroatoms. The van der Waals surface area contributed by atoms with Crippen LogP contribution >= 0.6 is 0 Å². The number of hydrogen-bond acceptors (Lipinski definition) is 4. The van der Waals surface area contributed by atoms with Crippen LogP contribution in [0, 0.1) is 0 Å². The summed E-state index contributed by atoms with van der Waals surface area (Å²) in [6.45, 7) is 5.53. The highest BCUT2D eigenvalue weighted by molar-refractivity contribution is 4.95. The van der Waals surface area contributed by atoms with Gasteiger partial charge < -0.3 is 15.2 Å². The maximum Gasteiger partial charge on any atom is 0.0707 e. The summed E-state index contributed by atoms with van der Waals surface area (Å²) in [6, 6.07) is 0. The number of likely N-dealkylation sites (tertiary alicyclic amines) is 1. The Labute approximate surface area is 91.7 Å². The van der Waals surface area contributed by atoms with E-state index >= 15 is 0 Å². The van der Waals surface area contributed by atoms with Gasteiger partial charge in [0.15, 0.2) is 0 Å². The fraction of sp³-hybridized carbons (Fsp3) is 1.00. The van der Waals surface area contributed by atoms with Crippen LogP contribution in [0.1, 0.15) is 19.8 Å². The third kappa shape index (κ3) is 2.18. The average molecular weight is 214 g/mol. The zero-order valence-corrected chi connectivity index (χ0v) is 9.74. The van der Waals surface area contributed by atoms with Gasteiger partial charge in [-0.15, -0.1) is 0 Å². The van der Waals surface area contributed by atoms with Crippen molar-refractivity contribution in [2.75, 3.05) is 33.4 Å². The average Bonchev–Trinajstić information content (AvgIpc) is 2.58. The molecule has 0 saturated carbocycles. The largest absolute Gasteiger partial charge is 0.383 e. The molecule has 2 rings (SSSR count). The van der Waals surface area contributed by atoms with Gasteiger partial charge in [-0.1, -0.05) is 0 Å². The van der Waals surface area contributed by atoms with Crippen LogP contribution in [-0.4, -0.2) is 56.0 Å². The van der Waals surface area contributed by atoms with Gasteiger partial charge in [0.2, 0.25) is 0 Å². The van der Waals surface area contributed by atoms with Gasteiger partial charge in [-0.25, -0.2) is 0 Å². The SMILES string of the molecule is COCC(C)(CN)N1CC2CCC(C1)O2. The van der Waals surface area contributed by atoms with E-state index in [-0.39, 0.29) is 5.54 Å². The standard InChI is InChI=1S/C11H22N2O2/c1-11(7-12,8-14-2)13-5-9-3-4-10(6-13)15-9/h9-10H,3-8,12H2,1-2H3. The number of nitrogens with two attached hydrogens (primary N) is 1. The monoisotopic (exact) mass is 214 g/mol. The molecule has 0 aromatic carbocycles. The summed E-state index contributed by atoms with van der Waals surface area (Å²) < 4.78 is 11.1. The van der Waals surface area contributed by atoms with Crippen LogP contribution in [0.5, 0.6) is 0 Å². The molecule has 3 atom stereocenters. The first-order valence-electron chi connectivity index (χ1n) is 5.77. The molecule has 0 aromatic rings. The zero-order valence-electron chi connectivity index (χ0n) is 9.74. The molecule has 2 aliphatic rings. The van der Waals surface area contributed by atoms with E-state index in [4.69, 9.17) is 15.2 Å². The highest BCUT2D eigenvalue weighted by atomic mass is 16.5. The summed E-state index contributed by atoms with van der Waals surface area (Å²) >= 11 is 0. The minimum absolute atomic E-state index is 0.0284. The maximum absolute atomic E-state index is 5.87. The Morgan fingerprint density at radius 3 is 2.47 bits per heavy atom. The quantitative estimate of drug-likeness (QED) is 0.727. The number of morpholine rings is 1. The van der Waals surface area contributed by atoms with Crippen molar-refractivity contribution in [2.24, 2.45) is 5.73 Å². The molecule has 3 unspecified atom stereocenters. The lowest BCUT2D eigenvalue weighted by Gasteiger charge is -2.44. The van der Waals surface area contributed by atoms with Gasteiger partial charge in [-0.2, -0.15) is 0 Å². The number of methoxy groups -OCH3 is 1. The van der Waals surface area contributed by atoms with Crippen LogP contribution in [0.2, 0.25) is 0 Å². The Kier molecular flexibility index (Phi) is 3.30. The van der Waals surface area contributed by atoms with Crippen molar-refractivity contribution in [1.29, 1.82) is 0 Å². The first kappa shape index (κ1) is 11.3. The second-order valence-corrected chi connectivity index (χ2v) is 5.00. The van der Waals surface area contributed by atoms with Crippen LogP contribution in [0.3, 0.4) is 0 Å². The van der Waals surface area contributed by atoms with Gasteiger partial charge in [-0.05, 0) is 19.8 Å². The van der Waals surface area contributed by atoms with Crippen molar-refractivity contribution in [1.82, 2.24) is 4.90 Å². The Morgan fingerprint density at radius 2 is 2.00 bits per heavy atom. The van der Waals surface area contributed by atoms with E-state index < -0.39 is 0 Å². The molecular formula is C11H22N2O2. The molecule has 2 heterocycles. The molecule has 2 N–H and O–H groups in total. The van der Waals surface area contributed by atoms with Crippen LogP contribution < -0.4 is 5.73 Å². The molecule has 4 nitrogen and oxygen atoms in total. The first-order valence-corrected chi connectivity index (χ1v) is 5.77. The van der Waals surface area contributed by atoms with Crippen LogP contribution in [-0.2, 0) is 9.47 Å². The summed E-state index contributed by atoms with van der Waals surface area (Å²) in [5.74, 6) is 0. The number of fused-ring (bicyclic) bond motifs is 2. The highest BCUT2D eigenvalue weighted by Gasteiger charge is 2.41. The lowest BCUT2D eigenvalue weighted by molar-refractivity contribution is -0.0872. The molecule has 2 saturated heterocycles. The zero-order chi connectivity index (χ0) is 10.9. The fourth-order valence-electron chi connectivity index (χ4n) is 2.65. The van der Waals surface area contributed by atoms with E-state index in [0.29, 0.717) is 25.4 Å². The molecule has 0 spiro atoms. The van der Waals surface area contributed by atoms with E-state index in [1.807, 2.05) is 0 Å². The fourth-order valence-corrected chi connectivity index (χ4v) is 2.65. The summed E-state index contributed by atoms with van der Waals surface area (Å²) in [5.41, 5.74) is 5.84. The smallest absolute Gasteiger partial charge is 0.0707 e. The number of rotatable bonds is 4. The molecule has 0 aliphatic carbocycles. The van der Waals surface area contributed by atoms with Crippen LogP contribution in [0.4, 0.5) is 0 Å². The van der Waals surface area contributed by atoms with Gasteiger partial charge in [0.1, 0.15) is 0 Å². The minimum atomic E-state index is -0.0284. The van der Waals surface area contributed by atoms with E-state index in [2.05, 4.69) is 11.8 Å². The van der Waals surface area contributed by atoms with Crippen molar-refractivity contribution >= 4 is 0 Å². The summed E-state index contributed by atoms with van der Waals surface area (Å²) in [6.07, 6.45) is 3.25. The van der Waals surface area contributed by atoms with Gasteiger partial charge in [0.25, 0.3) is 0 Å². The molecule has 2 fully saturated rings. The van der Waals surface area contributed by atoms with Gasteiger partial charge >= 0.3 is 0 Å². The van der Waals surface area contributed by atoms with E-state index in [1.165, 1.54) is 12.8 Å². The van der Waals surface area contributed by atoms with Crippen LogP contribution in [0.25, 0.3) is 0 Å². The Bertz CT molecular complexity index is 213. The van der Waals surface area contributed by atoms with Crippen molar-refractivity contribution in [3.63, 3.8) is 0 Å². The van der Waals surface area contributed by atoms with Crippen LogP contribution in [0.15, 0.2) is 0 Å². The summed E-state index contributed by atoms with van der Waals surface area (Å²) in [5, 5.41) is 0. The molecule has 2 bridgehead atoms.